The van der Waals surface area contributed by atoms with E-state index in [1.807, 2.05) is 47.3 Å². The maximum absolute atomic E-state index is 12.2. The van der Waals surface area contributed by atoms with Gasteiger partial charge in [-0.3, -0.25) is 4.79 Å². The normalized spacial score (nSPS) is 21.3. The fourth-order valence-corrected chi connectivity index (χ4v) is 5.10. The lowest BCUT2D eigenvalue weighted by molar-refractivity contribution is -0.135. The molecule has 0 aliphatic carbocycles. The van der Waals surface area contributed by atoms with Crippen LogP contribution in [0.1, 0.15) is 32.3 Å². The Kier molecular flexibility index (Phi) is 4.94. The van der Waals surface area contributed by atoms with Crippen molar-refractivity contribution in [1.29, 1.82) is 0 Å². The van der Waals surface area contributed by atoms with Gasteiger partial charge in [0.25, 0.3) is 0 Å². The number of amides is 1. The molecule has 2 aliphatic rings. The van der Waals surface area contributed by atoms with Crippen LogP contribution in [0.4, 0.5) is 0 Å². The summed E-state index contributed by atoms with van der Waals surface area (Å²) in [7, 11) is 0. The van der Waals surface area contributed by atoms with Gasteiger partial charge < -0.3 is 14.2 Å². The molecule has 6 heteroatoms. The number of carbonyl (C=O) groups excluding carboxylic acids is 1. The number of fused-ring (bicyclic) bond motifs is 1. The summed E-state index contributed by atoms with van der Waals surface area (Å²) in [4.78, 5) is 21.1. The van der Waals surface area contributed by atoms with Gasteiger partial charge in [-0.25, -0.2) is 4.98 Å². The average Bonchev–Trinajstić information content (AvgIpc) is 3.30. The lowest BCUT2D eigenvalue weighted by Gasteiger charge is -2.38. The molecule has 1 amide bonds. The number of aromatic nitrogens is 2. The highest BCUT2D eigenvalue weighted by Gasteiger charge is 2.33. The lowest BCUT2D eigenvalue weighted by Crippen LogP contribution is -2.44. The number of nitrogens with zero attached hydrogens (tertiary/aromatic N) is 4. The van der Waals surface area contributed by atoms with E-state index in [1.54, 1.807) is 0 Å². The van der Waals surface area contributed by atoms with Crippen molar-refractivity contribution in [1.82, 2.24) is 19.2 Å². The second kappa shape index (κ2) is 7.35. The van der Waals surface area contributed by atoms with Gasteiger partial charge in [-0.2, -0.15) is 0 Å². The molecule has 5 nitrogen and oxygen atoms in total. The highest BCUT2D eigenvalue weighted by molar-refractivity contribution is 8.02. The third kappa shape index (κ3) is 3.47. The third-order valence-corrected chi connectivity index (χ3v) is 6.59. The molecule has 0 aromatic carbocycles. The summed E-state index contributed by atoms with van der Waals surface area (Å²) in [5, 5.41) is 2.69. The first-order chi connectivity index (χ1) is 12.6. The minimum atomic E-state index is 0.100. The predicted octanol–water partition coefficient (Wildman–Crippen LogP) is 3.58. The van der Waals surface area contributed by atoms with Crippen molar-refractivity contribution in [3.05, 3.63) is 47.9 Å². The smallest absolute Gasteiger partial charge is 0.225 e. The zero-order chi connectivity index (χ0) is 18.1. The van der Waals surface area contributed by atoms with Gasteiger partial charge in [0.1, 0.15) is 5.65 Å². The molecule has 4 heterocycles. The molecule has 1 saturated heterocycles. The number of hydrogen-bond acceptors (Lipinski definition) is 4. The number of imidazole rings is 1. The number of carbonyl (C=O) groups is 1. The van der Waals surface area contributed by atoms with Crippen LogP contribution in [-0.4, -0.2) is 43.6 Å². The zero-order valence-corrected chi connectivity index (χ0v) is 16.2. The van der Waals surface area contributed by atoms with Crippen molar-refractivity contribution < 1.29 is 4.79 Å². The maximum Gasteiger partial charge on any atom is 0.225 e. The van der Waals surface area contributed by atoms with E-state index in [9.17, 15) is 4.79 Å². The first kappa shape index (κ1) is 17.5. The Morgan fingerprint density at radius 3 is 2.88 bits per heavy atom. The van der Waals surface area contributed by atoms with Crippen LogP contribution in [0.2, 0.25) is 0 Å². The molecule has 0 bridgehead atoms. The van der Waals surface area contributed by atoms with Gasteiger partial charge in [0, 0.05) is 50.3 Å². The molecule has 1 unspecified atom stereocenters. The van der Waals surface area contributed by atoms with E-state index in [1.165, 1.54) is 5.56 Å². The minimum Gasteiger partial charge on any atom is -0.360 e. The van der Waals surface area contributed by atoms with Gasteiger partial charge in [-0.1, -0.05) is 13.8 Å². The number of pyridine rings is 1. The van der Waals surface area contributed by atoms with E-state index in [2.05, 4.69) is 39.8 Å². The Balaban J connectivity index is 1.39. The van der Waals surface area contributed by atoms with Crippen molar-refractivity contribution in [3.8, 4) is 0 Å². The molecule has 2 aromatic rings. The van der Waals surface area contributed by atoms with E-state index in [0.717, 1.165) is 38.1 Å². The first-order valence-corrected chi connectivity index (χ1v) is 10.3. The van der Waals surface area contributed by atoms with Crippen LogP contribution in [0.25, 0.3) is 5.65 Å². The van der Waals surface area contributed by atoms with E-state index in [0.29, 0.717) is 17.2 Å². The predicted molar refractivity (Wildman–Crippen MR) is 105 cm³/mol. The summed E-state index contributed by atoms with van der Waals surface area (Å²) in [6.45, 7) is 6.68. The topological polar surface area (TPSA) is 40.9 Å². The van der Waals surface area contributed by atoms with Gasteiger partial charge in [-0.05, 0) is 41.9 Å². The van der Waals surface area contributed by atoms with Gasteiger partial charge >= 0.3 is 0 Å². The number of piperidine rings is 1. The number of hydrogen-bond donors (Lipinski definition) is 0. The largest absolute Gasteiger partial charge is 0.360 e. The zero-order valence-electron chi connectivity index (χ0n) is 15.4. The first-order valence-electron chi connectivity index (χ1n) is 9.40. The highest BCUT2D eigenvalue weighted by Crippen LogP contribution is 2.37. The molecule has 0 spiro atoms. The number of thioether (sulfide) groups is 1. The van der Waals surface area contributed by atoms with Crippen LogP contribution in [-0.2, 0) is 11.3 Å². The van der Waals surface area contributed by atoms with Crippen LogP contribution < -0.4 is 0 Å². The van der Waals surface area contributed by atoms with Crippen molar-refractivity contribution in [2.45, 2.75) is 38.6 Å². The maximum atomic E-state index is 12.2. The molecule has 0 N–H and O–H groups in total. The van der Waals surface area contributed by atoms with Crippen LogP contribution >= 0.6 is 11.8 Å². The van der Waals surface area contributed by atoms with Crippen LogP contribution in [0.15, 0.2) is 42.3 Å². The molecule has 0 radical (unpaired) electrons. The van der Waals surface area contributed by atoms with E-state index in [4.69, 9.17) is 0 Å². The van der Waals surface area contributed by atoms with Gasteiger partial charge in [0.2, 0.25) is 5.91 Å². The molecular weight excluding hydrogens is 344 g/mol. The lowest BCUT2D eigenvalue weighted by atomic mass is 9.95. The third-order valence-electron chi connectivity index (χ3n) is 5.37. The molecule has 26 heavy (non-hydrogen) atoms. The average molecular weight is 371 g/mol. The van der Waals surface area contributed by atoms with Crippen molar-refractivity contribution in [3.63, 3.8) is 0 Å². The SMILES string of the molecule is CC(C)C(=O)N1CCC(C2SC=CN2Cc2ccn3ccnc3c2)CC1. The molecule has 4 rings (SSSR count). The fourth-order valence-electron chi connectivity index (χ4n) is 3.91. The Morgan fingerprint density at radius 2 is 2.12 bits per heavy atom. The Bertz CT molecular complexity index is 807. The highest BCUT2D eigenvalue weighted by atomic mass is 32.2. The van der Waals surface area contributed by atoms with Gasteiger partial charge in [-0.15, -0.1) is 11.8 Å². The Morgan fingerprint density at radius 1 is 1.31 bits per heavy atom. The van der Waals surface area contributed by atoms with Crippen LogP contribution in [0.5, 0.6) is 0 Å². The van der Waals surface area contributed by atoms with Gasteiger partial charge in [0.05, 0.1) is 5.37 Å². The van der Waals surface area contributed by atoms with Gasteiger partial charge in [0.15, 0.2) is 0 Å². The van der Waals surface area contributed by atoms with Crippen LogP contribution in [0.3, 0.4) is 0 Å². The summed E-state index contributed by atoms with van der Waals surface area (Å²) >= 11 is 1.92. The summed E-state index contributed by atoms with van der Waals surface area (Å²) in [5.41, 5.74) is 2.28. The monoisotopic (exact) mass is 370 g/mol. The molecule has 1 atom stereocenters. The summed E-state index contributed by atoms with van der Waals surface area (Å²) in [6.07, 6.45) is 10.3. The molecule has 2 aliphatic heterocycles. The van der Waals surface area contributed by atoms with Crippen molar-refractivity contribution in [2.24, 2.45) is 11.8 Å². The second-order valence-corrected chi connectivity index (χ2v) is 8.56. The summed E-state index contributed by atoms with van der Waals surface area (Å²) in [6, 6.07) is 4.34. The number of likely N-dealkylation sites (tertiary alicyclic amines) is 1. The quantitative estimate of drug-likeness (QED) is 0.825. The molecule has 1 fully saturated rings. The second-order valence-electron chi connectivity index (χ2n) is 7.53. The fraction of sp³-hybridized carbons (Fsp3) is 0.500. The Labute approximate surface area is 159 Å². The number of rotatable bonds is 4. The van der Waals surface area contributed by atoms with Crippen molar-refractivity contribution >= 4 is 23.3 Å². The molecule has 138 valence electrons. The summed E-state index contributed by atoms with van der Waals surface area (Å²) < 4.78 is 2.04. The van der Waals surface area contributed by atoms with E-state index in [-0.39, 0.29) is 5.92 Å². The Hall–Kier alpha value is -1.95. The molecule has 2 aromatic heterocycles. The van der Waals surface area contributed by atoms with E-state index < -0.39 is 0 Å². The summed E-state index contributed by atoms with van der Waals surface area (Å²) in [5.74, 6) is 1.02. The molecule has 0 saturated carbocycles. The molecular formula is C20H26N4OS. The van der Waals surface area contributed by atoms with E-state index >= 15 is 0 Å². The van der Waals surface area contributed by atoms with Crippen LogP contribution in [0, 0.1) is 11.8 Å². The standard InChI is InChI=1S/C20H26N4OS/c1-15(2)19(25)23-8-4-17(5-9-23)20-24(11-12-26-20)14-16-3-7-22-10-6-21-18(22)13-16/h3,6-7,10-13,15,17,20H,4-5,8-9,14H2,1-2H3. The van der Waals surface area contributed by atoms with Crippen molar-refractivity contribution in [2.75, 3.05) is 13.1 Å². The minimum absolute atomic E-state index is 0.100.